The molecule has 80 heavy (non-hydrogen) atoms. The van der Waals surface area contributed by atoms with E-state index in [0.29, 0.717) is 86.3 Å². The summed E-state index contributed by atoms with van der Waals surface area (Å²) in [5.74, 6) is 3.31. The Morgan fingerprint density at radius 3 is 1.20 bits per heavy atom. The van der Waals surface area contributed by atoms with E-state index >= 15 is 0 Å². The summed E-state index contributed by atoms with van der Waals surface area (Å²) in [5, 5.41) is 17.7. The average molecular weight is 1200 g/mol. The fourth-order valence-corrected chi connectivity index (χ4v) is 26.5. The first-order valence-corrected chi connectivity index (χ1v) is 32.6. The van der Waals surface area contributed by atoms with Gasteiger partial charge in [0.1, 0.15) is 22.9 Å². The number of hydrogen-bond acceptors (Lipinski definition) is 12. The lowest BCUT2D eigenvalue weighted by atomic mass is 9.80. The lowest BCUT2D eigenvalue weighted by Crippen LogP contribution is -2.52. The number of halogens is 1. The number of esters is 2. The molecule has 0 atom stereocenters. The summed E-state index contributed by atoms with van der Waals surface area (Å²) in [6.45, 7) is 32.6. The minimum atomic E-state index is -2.33. The normalized spacial score (nSPS) is 11.6. The monoisotopic (exact) mass is 1200 g/mol. The van der Waals surface area contributed by atoms with E-state index in [-0.39, 0.29) is 11.9 Å². The number of ether oxygens (including phenoxy) is 8. The topological polar surface area (TPSA) is 158 Å². The summed E-state index contributed by atoms with van der Waals surface area (Å²) in [6, 6.07) is 26.4. The highest BCUT2D eigenvalue weighted by molar-refractivity contribution is 9.10. The molecule has 0 unspecified atom stereocenters. The van der Waals surface area contributed by atoms with Gasteiger partial charge >= 0.3 is 19.1 Å². The molecule has 0 spiro atoms. The maximum Gasteiger partial charge on any atom is 0.488 e. The van der Waals surface area contributed by atoms with Crippen LogP contribution in [0, 0.1) is 0 Å². The number of benzene rings is 4. The Balaban J connectivity index is 0.000000288. The second-order valence-corrected chi connectivity index (χ2v) is 33.7. The lowest BCUT2D eigenvalue weighted by Gasteiger charge is -2.44. The molecule has 4 aromatic carbocycles. The van der Waals surface area contributed by atoms with Crippen molar-refractivity contribution in [2.24, 2.45) is 0 Å². The third kappa shape index (κ3) is 13.9. The van der Waals surface area contributed by atoms with E-state index in [2.05, 4.69) is 120 Å². The Kier molecular flexibility index (Phi) is 24.7. The third-order valence-electron chi connectivity index (χ3n) is 15.4. The summed E-state index contributed by atoms with van der Waals surface area (Å²) < 4.78 is 48.7. The number of hydrogen-bond donors (Lipinski definition) is 2. The van der Waals surface area contributed by atoms with Crippen molar-refractivity contribution in [3.63, 3.8) is 0 Å². The molecule has 6 aromatic rings. The van der Waals surface area contributed by atoms with Crippen LogP contribution in [0.3, 0.4) is 0 Å². The van der Waals surface area contributed by atoms with E-state index in [4.69, 9.17) is 47.9 Å². The summed E-state index contributed by atoms with van der Waals surface area (Å²) in [6.07, 6.45) is 4.30. The van der Waals surface area contributed by atoms with Crippen molar-refractivity contribution in [3.8, 4) is 67.9 Å². The molecular formula is C62H88BBrN2O12Si2. The van der Waals surface area contributed by atoms with Gasteiger partial charge in [-0.3, -0.25) is 0 Å². The average Bonchev–Trinajstić information content (AvgIpc) is 4.19. The van der Waals surface area contributed by atoms with Crippen LogP contribution in [0.4, 0.5) is 0 Å². The van der Waals surface area contributed by atoms with E-state index in [1.54, 1.807) is 26.4 Å². The summed E-state index contributed by atoms with van der Waals surface area (Å²) >= 11 is 3.75. The highest BCUT2D eigenvalue weighted by Gasteiger charge is 2.49. The molecule has 0 amide bonds. The van der Waals surface area contributed by atoms with Crippen LogP contribution >= 0.6 is 15.9 Å². The van der Waals surface area contributed by atoms with Gasteiger partial charge in [-0.15, -0.1) is 0 Å². The Morgan fingerprint density at radius 1 is 0.487 bits per heavy atom. The number of nitrogens with zero attached hydrogens (tertiary/aromatic N) is 2. The van der Waals surface area contributed by atoms with Crippen molar-refractivity contribution in [2.45, 2.75) is 130 Å². The molecule has 18 heteroatoms. The van der Waals surface area contributed by atoms with Crippen LogP contribution < -0.4 is 33.9 Å². The second kappa shape index (κ2) is 29.7. The highest BCUT2D eigenvalue weighted by atomic mass is 79.9. The first kappa shape index (κ1) is 66.6. The zero-order chi connectivity index (χ0) is 60.0. The van der Waals surface area contributed by atoms with Gasteiger partial charge in [-0.05, 0) is 134 Å². The molecule has 0 aliphatic rings. The molecule has 0 aliphatic carbocycles. The zero-order valence-electron chi connectivity index (χ0n) is 50.9. The molecule has 6 rings (SSSR count). The molecule has 0 saturated heterocycles. The first-order chi connectivity index (χ1) is 37.9. The Morgan fingerprint density at radius 2 is 0.838 bits per heavy atom. The van der Waals surface area contributed by atoms with Crippen molar-refractivity contribution < 1.29 is 57.5 Å². The predicted molar refractivity (Wildman–Crippen MR) is 333 cm³/mol. The molecule has 436 valence electrons. The Labute approximate surface area is 487 Å². The summed E-state index contributed by atoms with van der Waals surface area (Å²) in [4.78, 5) is 26.7. The maximum absolute atomic E-state index is 13.7. The minimum Gasteiger partial charge on any atom is -0.494 e. The summed E-state index contributed by atoms with van der Waals surface area (Å²) in [7, 11) is 3.24. The van der Waals surface area contributed by atoms with Crippen LogP contribution in [0.15, 0.2) is 102 Å². The lowest BCUT2D eigenvalue weighted by molar-refractivity contribution is 0.0584. The number of carbonyl (C=O) groups excluding carboxylic acids is 2. The zero-order valence-corrected chi connectivity index (χ0v) is 54.5. The predicted octanol–water partition coefficient (Wildman–Crippen LogP) is 14.6. The molecule has 14 nitrogen and oxygen atoms in total. The molecule has 0 bridgehead atoms. The van der Waals surface area contributed by atoms with Crippen LogP contribution in [-0.4, -0.2) is 110 Å². The van der Waals surface area contributed by atoms with Gasteiger partial charge in [-0.25, -0.2) is 9.59 Å². The van der Waals surface area contributed by atoms with Crippen LogP contribution in [0.1, 0.15) is 118 Å². The van der Waals surface area contributed by atoms with E-state index in [1.165, 1.54) is 34.5 Å². The van der Waals surface area contributed by atoms with Gasteiger partial charge in [-0.2, -0.15) is 0 Å². The van der Waals surface area contributed by atoms with E-state index in [1.807, 2.05) is 80.6 Å². The van der Waals surface area contributed by atoms with Crippen LogP contribution in [0.25, 0.3) is 33.4 Å². The molecule has 0 aliphatic heterocycles. The van der Waals surface area contributed by atoms with Crippen molar-refractivity contribution in [2.75, 3.05) is 55.9 Å². The number of aromatic nitrogens is 2. The molecule has 0 radical (unpaired) electrons. The largest absolute Gasteiger partial charge is 0.494 e. The number of carbonyl (C=O) groups is 2. The van der Waals surface area contributed by atoms with Crippen LogP contribution in [-0.2, 0) is 9.47 Å². The first-order valence-electron chi connectivity index (χ1n) is 27.5. The minimum absolute atomic E-state index is 0.293. The Bertz CT molecular complexity index is 2910. The van der Waals surface area contributed by atoms with Gasteiger partial charge in [0.15, 0.2) is 39.5 Å². The second-order valence-electron chi connectivity index (χ2n) is 21.4. The maximum atomic E-state index is 13.7. The van der Waals surface area contributed by atoms with Gasteiger partial charge in [0.05, 0.1) is 55.9 Å². The van der Waals surface area contributed by atoms with Gasteiger partial charge < -0.3 is 56.4 Å². The SMILES string of the molecule is CCOc1ccc(-c2c(-c3ccc(OC)c(OC)c3)cn([Si](C(C)C)(C(C)C)C(C)C)c2C(=O)OC)cc1.CCOc1ccc(-c2c(Br)cn([Si](C(C)C)(C(C)C)C(C)C)c2C(=O)OC)cc1.COc1ccc(B(O)O)cc1OC. The Hall–Kier alpha value is -5.92. The van der Waals surface area contributed by atoms with Crippen molar-refractivity contribution >= 4 is 56.9 Å². The fourth-order valence-electron chi connectivity index (χ4n) is 12.4. The van der Waals surface area contributed by atoms with Gasteiger partial charge in [-0.1, -0.05) is 119 Å². The van der Waals surface area contributed by atoms with E-state index < -0.39 is 23.6 Å². The van der Waals surface area contributed by atoms with Crippen LogP contribution in [0.2, 0.25) is 33.2 Å². The smallest absolute Gasteiger partial charge is 0.488 e. The quantitative estimate of drug-likeness (QED) is 0.0490. The van der Waals surface area contributed by atoms with Crippen molar-refractivity contribution in [3.05, 3.63) is 113 Å². The van der Waals surface area contributed by atoms with Crippen molar-refractivity contribution in [1.29, 1.82) is 0 Å². The third-order valence-corrected chi connectivity index (χ3v) is 29.5. The molecule has 0 fully saturated rings. The van der Waals surface area contributed by atoms with Gasteiger partial charge in [0.25, 0.3) is 0 Å². The van der Waals surface area contributed by atoms with Gasteiger partial charge in [0, 0.05) is 33.6 Å². The fraction of sp³-hybridized carbons (Fsp3) is 0.452. The van der Waals surface area contributed by atoms with E-state index in [9.17, 15) is 9.59 Å². The standard InChI is InChI=1S/C31H43NO5Si.C23H34BrNO3Si.C8H11BO4/c1-11-37-25-15-12-23(13-16-25)29-26(24-14-17-27(34-8)28(18-24)35-9)19-32(30(29)31(33)36-10)38(20(2)3,21(4)5)22(6)7;1-9-28-19-12-10-18(11-13-19)21-20(24)14-25(22(21)23(26)27-8)29(15(2)3,16(4)5)17(6)7;1-12-7-4-3-6(9(10)11)5-8(7)13-2/h12-22H,11H2,1-10H3;10-17H,9H2,1-8H3;3-5,10-11H,1-2H3. The summed E-state index contributed by atoms with van der Waals surface area (Å²) in [5.41, 5.74) is 9.66. The molecule has 2 aromatic heterocycles. The van der Waals surface area contributed by atoms with Crippen molar-refractivity contribution in [1.82, 2.24) is 8.47 Å². The number of rotatable bonds is 22. The highest BCUT2D eigenvalue weighted by Crippen LogP contribution is 2.50. The molecule has 2 N–H and O–H groups in total. The van der Waals surface area contributed by atoms with E-state index in [0.717, 1.165) is 49.4 Å². The van der Waals surface area contributed by atoms with Gasteiger partial charge in [0.2, 0.25) is 0 Å². The van der Waals surface area contributed by atoms with Crippen LogP contribution in [0.5, 0.6) is 34.5 Å². The molecule has 0 saturated carbocycles. The molecular weight excluding hydrogens is 1110 g/mol. The molecule has 2 heterocycles. The number of methoxy groups -OCH3 is 6.